The predicted octanol–water partition coefficient (Wildman–Crippen LogP) is 0.726. The van der Waals surface area contributed by atoms with Crippen LogP contribution in [0.4, 0.5) is 0 Å². The molecule has 0 amide bonds. The molecule has 0 aliphatic carbocycles. The van der Waals surface area contributed by atoms with Gasteiger partial charge in [-0.25, -0.2) is 0 Å². The van der Waals surface area contributed by atoms with Crippen LogP contribution in [-0.2, 0) is 0 Å². The molecule has 0 atom stereocenters. The van der Waals surface area contributed by atoms with E-state index in [0.717, 1.165) is 0 Å². The van der Waals surface area contributed by atoms with Gasteiger partial charge in [0.2, 0.25) is 0 Å². The fraction of sp³-hybridized carbons (Fsp3) is 0. The molecule has 2 nitrogen and oxygen atoms in total. The van der Waals surface area contributed by atoms with Crippen LogP contribution >= 0.6 is 11.6 Å². The molecule has 0 saturated carbocycles. The van der Waals surface area contributed by atoms with Gasteiger partial charge in [-0.3, -0.25) is 5.41 Å². The Hall–Kier alpha value is -0.550. The van der Waals surface area contributed by atoms with E-state index >= 15 is 0 Å². The highest BCUT2D eigenvalue weighted by Gasteiger charge is 1.72. The molecular formula is C2HClN2. The molecule has 0 spiro atoms. The molecule has 0 radical (unpaired) electrons. The van der Waals surface area contributed by atoms with Crippen molar-refractivity contribution in [2.24, 2.45) is 0 Å². The molecule has 0 rings (SSSR count). The summed E-state index contributed by atoms with van der Waals surface area (Å²) in [6, 6.07) is 1.38. The van der Waals surface area contributed by atoms with Crippen LogP contribution in [0.15, 0.2) is 0 Å². The first-order valence-corrected chi connectivity index (χ1v) is 1.29. The lowest BCUT2D eigenvalue weighted by Gasteiger charge is -1.55. The summed E-state index contributed by atoms with van der Waals surface area (Å²) in [6.45, 7) is 0. The molecule has 0 saturated heterocycles. The largest absolute Gasteiger partial charge is 0.280 e. The molecule has 3 heteroatoms. The number of nitrogens with zero attached hydrogens (tertiary/aromatic N) is 1. The molecule has 26 valence electrons. The van der Waals surface area contributed by atoms with Crippen molar-refractivity contribution in [1.29, 1.82) is 10.7 Å². The zero-order valence-corrected chi connectivity index (χ0v) is 3.08. The van der Waals surface area contributed by atoms with Crippen molar-refractivity contribution in [2.45, 2.75) is 0 Å². The minimum absolute atomic E-state index is 0.468. The Kier molecular flexibility index (Phi) is 1.55. The molecule has 0 unspecified atom stereocenters. The molecule has 0 aromatic heterocycles. The Labute approximate surface area is 34.5 Å². The summed E-state index contributed by atoms with van der Waals surface area (Å²) in [5.41, 5.74) is 0. The third kappa shape index (κ3) is 3.45. The van der Waals surface area contributed by atoms with Crippen LogP contribution in [0.25, 0.3) is 0 Å². The topological polar surface area (TPSA) is 47.6 Å². The minimum Gasteiger partial charge on any atom is -0.280 e. The molecule has 0 heterocycles. The van der Waals surface area contributed by atoms with Gasteiger partial charge in [0.25, 0.3) is 0 Å². The number of nitriles is 1. The monoisotopic (exact) mass is 88.0 g/mol. The predicted molar refractivity (Wildman–Crippen MR) is 19.2 cm³/mol. The summed E-state index contributed by atoms with van der Waals surface area (Å²) in [5.74, 6) is 0. The van der Waals surface area contributed by atoms with Crippen LogP contribution in [0.2, 0.25) is 0 Å². The molecule has 0 bridgehead atoms. The van der Waals surface area contributed by atoms with Crippen LogP contribution in [-0.4, -0.2) is 5.17 Å². The maximum atomic E-state index is 7.54. The Morgan fingerprint density at radius 3 is 2.20 bits per heavy atom. The zero-order valence-electron chi connectivity index (χ0n) is 2.33. The molecule has 0 fully saturated rings. The van der Waals surface area contributed by atoms with Gasteiger partial charge in [0.1, 0.15) is 6.07 Å². The summed E-state index contributed by atoms with van der Waals surface area (Å²) in [6.07, 6.45) is 0. The van der Waals surface area contributed by atoms with E-state index in [0.29, 0.717) is 0 Å². The zero-order chi connectivity index (χ0) is 4.28. The molecule has 0 aromatic rings. The van der Waals surface area contributed by atoms with E-state index in [4.69, 9.17) is 10.7 Å². The van der Waals surface area contributed by atoms with Crippen molar-refractivity contribution in [1.82, 2.24) is 0 Å². The van der Waals surface area contributed by atoms with Crippen LogP contribution < -0.4 is 0 Å². The van der Waals surface area contributed by atoms with E-state index in [1.807, 2.05) is 0 Å². The van der Waals surface area contributed by atoms with Gasteiger partial charge in [-0.2, -0.15) is 5.26 Å². The van der Waals surface area contributed by atoms with Crippen molar-refractivity contribution >= 4 is 16.8 Å². The summed E-state index contributed by atoms with van der Waals surface area (Å²) in [4.78, 5) is 0. The lowest BCUT2D eigenvalue weighted by molar-refractivity contribution is 1.51. The number of halogens is 1. The standard InChI is InChI=1S/C2HClN2/c3-2(5)1-4/h5H. The molecule has 0 aliphatic rings. The highest BCUT2D eigenvalue weighted by atomic mass is 35.5. The van der Waals surface area contributed by atoms with Gasteiger partial charge in [0.15, 0.2) is 5.17 Å². The maximum absolute atomic E-state index is 7.54. The second-order valence-electron chi connectivity index (χ2n) is 0.426. The van der Waals surface area contributed by atoms with E-state index in [-0.39, 0.29) is 0 Å². The third-order valence-corrected chi connectivity index (χ3v) is 0.183. The van der Waals surface area contributed by atoms with Crippen molar-refractivity contribution < 1.29 is 0 Å². The summed E-state index contributed by atoms with van der Waals surface area (Å²) in [5, 5.41) is 13.2. The van der Waals surface area contributed by atoms with E-state index < -0.39 is 5.17 Å². The van der Waals surface area contributed by atoms with Crippen molar-refractivity contribution in [3.8, 4) is 6.07 Å². The third-order valence-electron chi connectivity index (χ3n) is 0.0982. The van der Waals surface area contributed by atoms with Crippen LogP contribution in [0, 0.1) is 16.7 Å². The van der Waals surface area contributed by atoms with Gasteiger partial charge < -0.3 is 0 Å². The first kappa shape index (κ1) is 4.45. The normalized spacial score (nSPS) is 5.60. The lowest BCUT2D eigenvalue weighted by Crippen LogP contribution is -1.67. The van der Waals surface area contributed by atoms with E-state index in [1.54, 1.807) is 0 Å². The Morgan fingerprint density at radius 1 is 2.00 bits per heavy atom. The number of hydrogen-bond donors (Lipinski definition) is 1. The second-order valence-corrected chi connectivity index (χ2v) is 0.804. The maximum Gasteiger partial charge on any atom is 0.199 e. The fourth-order valence-electron chi connectivity index (χ4n) is 0. The SMILES string of the molecule is N#CC(=N)Cl. The minimum atomic E-state index is -0.468. The quantitative estimate of drug-likeness (QED) is 0.436. The van der Waals surface area contributed by atoms with E-state index in [2.05, 4.69) is 11.6 Å². The van der Waals surface area contributed by atoms with Gasteiger partial charge in [-0.05, 0) is 0 Å². The second kappa shape index (κ2) is 1.74. The molecule has 0 aliphatic heterocycles. The van der Waals surface area contributed by atoms with Gasteiger partial charge >= 0.3 is 0 Å². The van der Waals surface area contributed by atoms with E-state index in [1.165, 1.54) is 6.07 Å². The molecule has 1 N–H and O–H groups in total. The molecule has 5 heavy (non-hydrogen) atoms. The highest BCUT2D eigenvalue weighted by Crippen LogP contribution is 1.70. The average molecular weight is 88.5 g/mol. The number of nitrogens with one attached hydrogen (secondary N) is 1. The summed E-state index contributed by atoms with van der Waals surface area (Å²) >= 11 is 4.68. The van der Waals surface area contributed by atoms with E-state index in [9.17, 15) is 0 Å². The Bertz CT molecular complexity index is 80.1. The first-order chi connectivity index (χ1) is 2.27. The van der Waals surface area contributed by atoms with Crippen molar-refractivity contribution in [3.63, 3.8) is 0 Å². The fourth-order valence-corrected chi connectivity index (χ4v) is 0. The Morgan fingerprint density at radius 2 is 2.20 bits per heavy atom. The summed E-state index contributed by atoms with van der Waals surface area (Å²) in [7, 11) is 0. The lowest BCUT2D eigenvalue weighted by atomic mass is 10.9. The van der Waals surface area contributed by atoms with Gasteiger partial charge in [0, 0.05) is 0 Å². The average Bonchev–Trinajstić information content (AvgIpc) is 1.38. The van der Waals surface area contributed by atoms with Gasteiger partial charge in [0.05, 0.1) is 0 Å². The first-order valence-electron chi connectivity index (χ1n) is 0.913. The van der Waals surface area contributed by atoms with Gasteiger partial charge in [-0.1, -0.05) is 11.6 Å². The highest BCUT2D eigenvalue weighted by molar-refractivity contribution is 6.68. The smallest absolute Gasteiger partial charge is 0.199 e. The van der Waals surface area contributed by atoms with Gasteiger partial charge in [-0.15, -0.1) is 0 Å². The van der Waals surface area contributed by atoms with Crippen LogP contribution in [0.5, 0.6) is 0 Å². The molecular weight excluding hydrogens is 87.5 g/mol. The summed E-state index contributed by atoms with van der Waals surface area (Å²) < 4.78 is 0. The van der Waals surface area contributed by atoms with Crippen molar-refractivity contribution in [3.05, 3.63) is 0 Å². The van der Waals surface area contributed by atoms with Crippen LogP contribution in [0.3, 0.4) is 0 Å². The number of hydrogen-bond acceptors (Lipinski definition) is 2. The van der Waals surface area contributed by atoms with Crippen molar-refractivity contribution in [2.75, 3.05) is 0 Å². The Balaban J connectivity index is 3.35. The molecule has 0 aromatic carbocycles. The number of rotatable bonds is 0. The van der Waals surface area contributed by atoms with Crippen LogP contribution in [0.1, 0.15) is 0 Å².